The van der Waals surface area contributed by atoms with Gasteiger partial charge in [-0.1, -0.05) is 22.0 Å². The van der Waals surface area contributed by atoms with Gasteiger partial charge in [-0.2, -0.15) is 0 Å². The number of rotatable bonds is 5. The monoisotopic (exact) mass is 496 g/mol. The van der Waals surface area contributed by atoms with Crippen LogP contribution in [0.1, 0.15) is 41.9 Å². The van der Waals surface area contributed by atoms with Crippen LogP contribution in [0.4, 0.5) is 5.69 Å². The number of ether oxygens (including phenoxy) is 1. The molecule has 0 bridgehead atoms. The average Bonchev–Trinajstić information content (AvgIpc) is 3.52. The minimum Gasteiger partial charge on any atom is -0.376 e. The van der Waals surface area contributed by atoms with Gasteiger partial charge in [-0.05, 0) is 80.0 Å². The fourth-order valence-corrected chi connectivity index (χ4v) is 5.17. The maximum atomic E-state index is 5.92. The summed E-state index contributed by atoms with van der Waals surface area (Å²) in [5, 5.41) is 4.27. The molecule has 160 valence electrons. The Morgan fingerprint density at radius 3 is 2.87 bits per heavy atom. The summed E-state index contributed by atoms with van der Waals surface area (Å²) in [5.74, 6) is 0. The van der Waals surface area contributed by atoms with Crippen LogP contribution in [0.5, 0.6) is 0 Å². The fourth-order valence-electron chi connectivity index (χ4n) is 4.58. The van der Waals surface area contributed by atoms with E-state index in [1.807, 2.05) is 18.3 Å². The van der Waals surface area contributed by atoms with E-state index in [2.05, 4.69) is 85.2 Å². The van der Waals surface area contributed by atoms with E-state index < -0.39 is 0 Å². The van der Waals surface area contributed by atoms with Gasteiger partial charge < -0.3 is 19.5 Å². The molecule has 5 rings (SSSR count). The van der Waals surface area contributed by atoms with Crippen molar-refractivity contribution < 1.29 is 4.74 Å². The first-order valence-corrected chi connectivity index (χ1v) is 11.9. The molecule has 5 nitrogen and oxygen atoms in total. The number of thiocarbonyl (C=S) groups is 1. The maximum Gasteiger partial charge on any atom is 0.174 e. The Bertz CT molecular complexity index is 1080. The first-order valence-electron chi connectivity index (χ1n) is 10.7. The number of nitrogens with zero attached hydrogens (tertiary/aromatic N) is 3. The highest BCUT2D eigenvalue weighted by atomic mass is 79.9. The molecule has 31 heavy (non-hydrogen) atoms. The molecule has 2 aliphatic heterocycles. The van der Waals surface area contributed by atoms with Crippen molar-refractivity contribution in [3.63, 3.8) is 0 Å². The van der Waals surface area contributed by atoms with E-state index in [0.29, 0.717) is 5.11 Å². The predicted octanol–water partition coefficient (Wildman–Crippen LogP) is 5.31. The minimum atomic E-state index is -0.0456. The zero-order chi connectivity index (χ0) is 21.4. The normalized spacial score (nSPS) is 23.4. The van der Waals surface area contributed by atoms with E-state index in [9.17, 15) is 0 Å². The van der Waals surface area contributed by atoms with E-state index >= 15 is 0 Å². The quantitative estimate of drug-likeness (QED) is 0.484. The van der Waals surface area contributed by atoms with Crippen molar-refractivity contribution in [3.05, 3.63) is 82.3 Å². The Labute approximate surface area is 196 Å². The van der Waals surface area contributed by atoms with Gasteiger partial charge in [-0.15, -0.1) is 0 Å². The van der Waals surface area contributed by atoms with Gasteiger partial charge in [0, 0.05) is 41.4 Å². The third-order valence-corrected chi connectivity index (χ3v) is 7.31. The molecule has 2 aliphatic rings. The van der Waals surface area contributed by atoms with Crippen LogP contribution in [0.25, 0.3) is 0 Å². The van der Waals surface area contributed by atoms with Crippen LogP contribution in [-0.4, -0.2) is 27.4 Å². The largest absolute Gasteiger partial charge is 0.376 e. The maximum absolute atomic E-state index is 5.92. The van der Waals surface area contributed by atoms with Gasteiger partial charge >= 0.3 is 0 Å². The van der Waals surface area contributed by atoms with Crippen molar-refractivity contribution >= 4 is 38.9 Å². The molecule has 0 aliphatic carbocycles. The number of hydrogen-bond acceptors (Lipinski definition) is 3. The molecule has 0 saturated carbocycles. The summed E-state index contributed by atoms with van der Waals surface area (Å²) in [4.78, 5) is 6.89. The smallest absolute Gasteiger partial charge is 0.174 e. The van der Waals surface area contributed by atoms with Gasteiger partial charge in [-0.25, -0.2) is 0 Å². The van der Waals surface area contributed by atoms with Crippen LogP contribution in [0.15, 0.2) is 65.4 Å². The van der Waals surface area contributed by atoms with Crippen LogP contribution < -0.4 is 10.2 Å². The lowest BCUT2D eigenvalue weighted by molar-refractivity contribution is 0.0961. The third-order valence-electron chi connectivity index (χ3n) is 6.11. The molecule has 0 unspecified atom stereocenters. The number of halogens is 1. The Kier molecular flexibility index (Phi) is 5.82. The van der Waals surface area contributed by atoms with Gasteiger partial charge in [-0.3, -0.25) is 4.98 Å². The number of pyridine rings is 1. The third kappa shape index (κ3) is 4.02. The van der Waals surface area contributed by atoms with E-state index in [0.717, 1.165) is 41.8 Å². The Balaban J connectivity index is 1.58. The summed E-state index contributed by atoms with van der Waals surface area (Å²) >= 11 is 9.48. The Hall–Kier alpha value is -2.22. The molecule has 1 aromatic carbocycles. The molecule has 4 heterocycles. The fraction of sp³-hybridized carbons (Fsp3) is 0.333. The molecule has 2 saturated heterocycles. The summed E-state index contributed by atoms with van der Waals surface area (Å²) in [6.07, 6.45) is 6.51. The predicted molar refractivity (Wildman–Crippen MR) is 130 cm³/mol. The minimum absolute atomic E-state index is 0.0145. The summed E-state index contributed by atoms with van der Waals surface area (Å²) in [5.41, 5.74) is 4.44. The Morgan fingerprint density at radius 1 is 1.23 bits per heavy atom. The highest BCUT2D eigenvalue weighted by molar-refractivity contribution is 9.10. The first kappa shape index (κ1) is 20.7. The van der Waals surface area contributed by atoms with Crippen LogP contribution in [-0.2, 0) is 11.3 Å². The molecule has 3 atom stereocenters. The summed E-state index contributed by atoms with van der Waals surface area (Å²) < 4.78 is 9.34. The number of aryl methyl sites for hydroxylation is 1. The summed E-state index contributed by atoms with van der Waals surface area (Å²) in [7, 11) is 0. The van der Waals surface area contributed by atoms with Crippen molar-refractivity contribution in [1.29, 1.82) is 0 Å². The molecule has 1 N–H and O–H groups in total. The molecule has 3 aromatic rings. The lowest BCUT2D eigenvalue weighted by atomic mass is 10.0. The molecular weight excluding hydrogens is 472 g/mol. The van der Waals surface area contributed by atoms with Crippen molar-refractivity contribution in [3.8, 4) is 0 Å². The van der Waals surface area contributed by atoms with Crippen LogP contribution in [0.3, 0.4) is 0 Å². The lowest BCUT2D eigenvalue weighted by Crippen LogP contribution is -2.31. The summed E-state index contributed by atoms with van der Waals surface area (Å²) in [6.45, 7) is 3.82. The van der Waals surface area contributed by atoms with Gasteiger partial charge in [0.05, 0.1) is 17.8 Å². The second kappa shape index (κ2) is 8.73. The van der Waals surface area contributed by atoms with E-state index in [-0.39, 0.29) is 18.2 Å². The van der Waals surface area contributed by atoms with Gasteiger partial charge in [0.25, 0.3) is 0 Å². The molecule has 0 spiro atoms. The average molecular weight is 497 g/mol. The first-order chi connectivity index (χ1) is 15.1. The van der Waals surface area contributed by atoms with Crippen molar-refractivity contribution in [2.75, 3.05) is 11.5 Å². The summed E-state index contributed by atoms with van der Waals surface area (Å²) in [6, 6.07) is 16.7. The molecule has 0 radical (unpaired) electrons. The zero-order valence-corrected chi connectivity index (χ0v) is 19.8. The van der Waals surface area contributed by atoms with Crippen molar-refractivity contribution in [2.24, 2.45) is 0 Å². The molecule has 0 amide bonds. The van der Waals surface area contributed by atoms with E-state index in [1.54, 1.807) is 0 Å². The molecule has 7 heteroatoms. The van der Waals surface area contributed by atoms with Gasteiger partial charge in [0.1, 0.15) is 6.04 Å². The number of hydrogen-bond donors (Lipinski definition) is 1. The van der Waals surface area contributed by atoms with Crippen LogP contribution in [0, 0.1) is 6.92 Å². The lowest BCUT2D eigenvalue weighted by Gasteiger charge is -2.29. The standard InChI is InChI=1S/C24H25BrN4OS/c1-16-14-17(9-10-19(16)25)29-23(22(27-24(29)31)20-7-2-3-11-26-20)21-8-4-12-28(21)15-18-6-5-13-30-18/h2-4,7-12,14,18,22-23H,5-6,13,15H2,1H3,(H,27,31)/t18-,22-,23-/m0/s1. The number of nitrogens with one attached hydrogen (secondary N) is 1. The zero-order valence-electron chi connectivity index (χ0n) is 17.4. The van der Waals surface area contributed by atoms with Gasteiger partial charge in [0.15, 0.2) is 5.11 Å². The number of anilines is 1. The number of aromatic nitrogens is 2. The second-order valence-corrected chi connectivity index (χ2v) is 9.39. The molecule has 2 aromatic heterocycles. The second-order valence-electron chi connectivity index (χ2n) is 8.15. The van der Waals surface area contributed by atoms with Crippen molar-refractivity contribution in [1.82, 2.24) is 14.9 Å². The Morgan fingerprint density at radius 2 is 2.13 bits per heavy atom. The van der Waals surface area contributed by atoms with E-state index in [1.165, 1.54) is 11.3 Å². The highest BCUT2D eigenvalue weighted by Gasteiger charge is 2.42. The van der Waals surface area contributed by atoms with Crippen molar-refractivity contribution in [2.45, 2.75) is 44.5 Å². The van der Waals surface area contributed by atoms with E-state index in [4.69, 9.17) is 17.0 Å². The van der Waals surface area contributed by atoms with Crippen LogP contribution in [0.2, 0.25) is 0 Å². The molecule has 2 fully saturated rings. The highest BCUT2D eigenvalue weighted by Crippen LogP contribution is 2.42. The van der Waals surface area contributed by atoms with Gasteiger partial charge in [0.2, 0.25) is 0 Å². The topological polar surface area (TPSA) is 42.3 Å². The number of benzene rings is 1. The SMILES string of the molecule is Cc1cc(N2C(=S)N[C@@H](c3ccccn3)[C@@H]2c2cccn2C[C@@H]2CCCO2)ccc1Br. The van der Waals surface area contributed by atoms with Crippen LogP contribution >= 0.6 is 28.1 Å². The molecular formula is C24H25BrN4OS.